The number of aliphatic hydroxyl groups is 1. The smallest absolute Gasteiger partial charge is 0.252 e. The van der Waals surface area contributed by atoms with E-state index in [0.29, 0.717) is 31.2 Å². The van der Waals surface area contributed by atoms with Crippen LogP contribution in [0.4, 0.5) is 0 Å². The predicted molar refractivity (Wildman–Crippen MR) is 105 cm³/mol. The van der Waals surface area contributed by atoms with E-state index < -0.39 is 5.60 Å². The molecule has 0 saturated carbocycles. The summed E-state index contributed by atoms with van der Waals surface area (Å²) in [7, 11) is 0. The van der Waals surface area contributed by atoms with Crippen LogP contribution in [0.15, 0.2) is 29.5 Å². The van der Waals surface area contributed by atoms with E-state index in [1.54, 1.807) is 18.3 Å². The first kappa shape index (κ1) is 21.9. The van der Waals surface area contributed by atoms with E-state index >= 15 is 0 Å². The molecule has 1 heterocycles. The van der Waals surface area contributed by atoms with Gasteiger partial charge in [-0.3, -0.25) is 14.8 Å². The van der Waals surface area contributed by atoms with Crippen molar-refractivity contribution in [3.63, 3.8) is 0 Å². The highest BCUT2D eigenvalue weighted by Gasteiger charge is 2.24. The maximum atomic E-state index is 12.0. The van der Waals surface area contributed by atoms with Crippen molar-refractivity contribution in [2.45, 2.75) is 52.1 Å². The van der Waals surface area contributed by atoms with Gasteiger partial charge >= 0.3 is 0 Å². The van der Waals surface area contributed by atoms with Crippen LogP contribution in [0.25, 0.3) is 0 Å². The SMILES string of the molecule is CCCC(O)(CCC)CN=C(NCC)NCCNC(=O)c1cccnc1. The van der Waals surface area contributed by atoms with Crippen molar-refractivity contribution in [2.24, 2.45) is 4.99 Å². The molecule has 7 nitrogen and oxygen atoms in total. The molecular weight excluding hydrogens is 330 g/mol. The number of aliphatic imine (C=N–C) groups is 1. The molecule has 1 aromatic heterocycles. The summed E-state index contributed by atoms with van der Waals surface area (Å²) in [5.41, 5.74) is -0.210. The Kier molecular flexibility index (Phi) is 10.3. The molecule has 0 unspecified atom stereocenters. The van der Waals surface area contributed by atoms with Gasteiger partial charge in [-0.1, -0.05) is 26.7 Å². The van der Waals surface area contributed by atoms with Crippen molar-refractivity contribution < 1.29 is 9.90 Å². The molecule has 0 saturated heterocycles. The number of rotatable bonds is 11. The summed E-state index contributed by atoms with van der Waals surface area (Å²) in [6.07, 6.45) is 6.51. The predicted octanol–water partition coefficient (Wildman–Crippen LogP) is 1.70. The molecule has 4 N–H and O–H groups in total. The van der Waals surface area contributed by atoms with Crippen LogP contribution in [-0.4, -0.2) is 53.7 Å². The van der Waals surface area contributed by atoms with E-state index in [4.69, 9.17) is 0 Å². The van der Waals surface area contributed by atoms with Crippen LogP contribution in [0.1, 0.15) is 56.8 Å². The summed E-state index contributed by atoms with van der Waals surface area (Å²) in [5, 5.41) is 19.9. The zero-order valence-electron chi connectivity index (χ0n) is 16.2. The van der Waals surface area contributed by atoms with Crippen LogP contribution in [0.3, 0.4) is 0 Å². The lowest BCUT2D eigenvalue weighted by molar-refractivity contribution is 0.0306. The molecule has 7 heteroatoms. The largest absolute Gasteiger partial charge is 0.388 e. The first-order valence-electron chi connectivity index (χ1n) is 9.47. The van der Waals surface area contributed by atoms with Crippen LogP contribution < -0.4 is 16.0 Å². The maximum absolute atomic E-state index is 12.0. The van der Waals surface area contributed by atoms with Crippen LogP contribution in [0, 0.1) is 0 Å². The van der Waals surface area contributed by atoms with Gasteiger partial charge in [-0.15, -0.1) is 0 Å². The van der Waals surface area contributed by atoms with E-state index in [1.807, 2.05) is 6.92 Å². The van der Waals surface area contributed by atoms with Gasteiger partial charge in [0.25, 0.3) is 5.91 Å². The molecule has 0 aliphatic heterocycles. The quantitative estimate of drug-likeness (QED) is 0.272. The summed E-state index contributed by atoms with van der Waals surface area (Å²) in [4.78, 5) is 20.4. The van der Waals surface area contributed by atoms with Gasteiger partial charge < -0.3 is 21.1 Å². The highest BCUT2D eigenvalue weighted by atomic mass is 16.3. The number of aromatic nitrogens is 1. The third-order valence-corrected chi connectivity index (χ3v) is 3.93. The molecule has 0 aromatic carbocycles. The van der Waals surface area contributed by atoms with Crippen LogP contribution in [0.5, 0.6) is 0 Å². The second-order valence-electron chi connectivity index (χ2n) is 6.34. The number of hydrogen-bond acceptors (Lipinski definition) is 4. The Labute approximate surface area is 156 Å². The van der Waals surface area contributed by atoms with Gasteiger partial charge in [0.05, 0.1) is 17.7 Å². The molecule has 0 aliphatic carbocycles. The van der Waals surface area contributed by atoms with Crippen molar-refractivity contribution in [1.29, 1.82) is 0 Å². The van der Waals surface area contributed by atoms with Gasteiger partial charge in [-0.25, -0.2) is 0 Å². The van der Waals surface area contributed by atoms with Gasteiger partial charge in [-0.05, 0) is 31.9 Å². The second kappa shape index (κ2) is 12.2. The van der Waals surface area contributed by atoms with Gasteiger partial charge in [0.15, 0.2) is 5.96 Å². The van der Waals surface area contributed by atoms with Gasteiger partial charge in [0.1, 0.15) is 0 Å². The molecule has 146 valence electrons. The lowest BCUT2D eigenvalue weighted by Crippen LogP contribution is -2.43. The van der Waals surface area contributed by atoms with E-state index in [9.17, 15) is 9.90 Å². The topological polar surface area (TPSA) is 98.6 Å². The Balaban J connectivity index is 2.47. The molecular formula is C19H33N5O2. The highest BCUT2D eigenvalue weighted by Crippen LogP contribution is 2.19. The number of pyridine rings is 1. The average molecular weight is 364 g/mol. The number of carbonyl (C=O) groups is 1. The van der Waals surface area contributed by atoms with E-state index in [0.717, 1.165) is 32.2 Å². The van der Waals surface area contributed by atoms with Gasteiger partial charge in [0.2, 0.25) is 0 Å². The molecule has 1 aromatic rings. The van der Waals surface area contributed by atoms with Crippen LogP contribution in [0.2, 0.25) is 0 Å². The molecule has 0 radical (unpaired) electrons. The molecule has 0 spiro atoms. The number of nitrogens with one attached hydrogen (secondary N) is 3. The third kappa shape index (κ3) is 8.29. The normalized spacial score (nSPS) is 11.9. The number of carbonyl (C=O) groups excluding carboxylic acids is 1. The molecule has 1 rings (SSSR count). The fourth-order valence-corrected chi connectivity index (χ4v) is 2.74. The van der Waals surface area contributed by atoms with Gasteiger partial charge in [-0.2, -0.15) is 0 Å². The molecule has 1 amide bonds. The van der Waals surface area contributed by atoms with Gasteiger partial charge in [0, 0.05) is 32.0 Å². The standard InChI is InChI=1S/C19H33N5O2/c1-4-9-19(26,10-5-2)15-24-18(21-6-3)23-13-12-22-17(25)16-8-7-11-20-14-16/h7-8,11,14,26H,4-6,9-10,12-13,15H2,1-3H3,(H,22,25)(H2,21,23,24). The molecule has 0 aliphatic rings. The van der Waals surface area contributed by atoms with E-state index in [2.05, 4.69) is 39.8 Å². The van der Waals surface area contributed by atoms with E-state index in [1.165, 1.54) is 6.20 Å². The van der Waals surface area contributed by atoms with Crippen LogP contribution >= 0.6 is 0 Å². The summed E-state index contributed by atoms with van der Waals surface area (Å²) in [6.45, 7) is 8.23. The monoisotopic (exact) mass is 363 g/mol. The van der Waals surface area contributed by atoms with Crippen molar-refractivity contribution in [2.75, 3.05) is 26.2 Å². The number of nitrogens with zero attached hydrogens (tertiary/aromatic N) is 2. The second-order valence-corrected chi connectivity index (χ2v) is 6.34. The maximum Gasteiger partial charge on any atom is 0.252 e. The van der Waals surface area contributed by atoms with E-state index in [-0.39, 0.29) is 5.91 Å². The lowest BCUT2D eigenvalue weighted by Gasteiger charge is -2.26. The summed E-state index contributed by atoms with van der Waals surface area (Å²) >= 11 is 0. The van der Waals surface area contributed by atoms with Crippen molar-refractivity contribution in [1.82, 2.24) is 20.9 Å². The minimum Gasteiger partial charge on any atom is -0.388 e. The summed E-state index contributed by atoms with van der Waals surface area (Å²) < 4.78 is 0. The minimum atomic E-state index is -0.750. The Morgan fingerprint density at radius 3 is 2.42 bits per heavy atom. The highest BCUT2D eigenvalue weighted by molar-refractivity contribution is 5.93. The zero-order valence-corrected chi connectivity index (χ0v) is 16.2. The molecule has 0 fully saturated rings. The number of hydrogen-bond donors (Lipinski definition) is 4. The number of amides is 1. The van der Waals surface area contributed by atoms with Crippen molar-refractivity contribution in [3.05, 3.63) is 30.1 Å². The molecule has 26 heavy (non-hydrogen) atoms. The first-order valence-corrected chi connectivity index (χ1v) is 9.47. The molecule has 0 bridgehead atoms. The Morgan fingerprint density at radius 1 is 1.15 bits per heavy atom. The van der Waals surface area contributed by atoms with Crippen molar-refractivity contribution in [3.8, 4) is 0 Å². The summed E-state index contributed by atoms with van der Waals surface area (Å²) in [6, 6.07) is 3.46. The minimum absolute atomic E-state index is 0.151. The Morgan fingerprint density at radius 2 is 1.85 bits per heavy atom. The lowest BCUT2D eigenvalue weighted by atomic mass is 9.93. The summed E-state index contributed by atoms with van der Waals surface area (Å²) in [5.74, 6) is 0.496. The van der Waals surface area contributed by atoms with Crippen molar-refractivity contribution >= 4 is 11.9 Å². The Hall–Kier alpha value is -2.15. The fourth-order valence-electron chi connectivity index (χ4n) is 2.74. The van der Waals surface area contributed by atoms with Crippen LogP contribution in [-0.2, 0) is 0 Å². The molecule has 0 atom stereocenters. The third-order valence-electron chi connectivity index (χ3n) is 3.93. The fraction of sp³-hybridized carbons (Fsp3) is 0.632. The zero-order chi connectivity index (χ0) is 19.3. The number of guanidine groups is 1. The average Bonchev–Trinajstić information content (AvgIpc) is 2.64. The Bertz CT molecular complexity index is 542. The first-order chi connectivity index (χ1) is 12.5.